The van der Waals surface area contributed by atoms with E-state index in [9.17, 15) is 5.11 Å². The van der Waals surface area contributed by atoms with Gasteiger partial charge in [0.25, 0.3) is 0 Å². The first-order chi connectivity index (χ1) is 4.93. The van der Waals surface area contributed by atoms with Gasteiger partial charge in [0.2, 0.25) is 0 Å². The minimum absolute atomic E-state index is 0.155. The highest BCUT2D eigenvalue weighted by atomic mass is 16.6. The van der Waals surface area contributed by atoms with Crippen LogP contribution in [0.5, 0.6) is 0 Å². The van der Waals surface area contributed by atoms with Crippen LogP contribution in [0, 0.1) is 0 Å². The van der Waals surface area contributed by atoms with Gasteiger partial charge >= 0.3 is 0 Å². The highest BCUT2D eigenvalue weighted by molar-refractivity contribution is 4.92. The highest BCUT2D eigenvalue weighted by Gasteiger charge is 2.45. The fourth-order valence-corrected chi connectivity index (χ4v) is 1.47. The molecule has 1 heterocycles. The molecule has 0 spiro atoms. The summed E-state index contributed by atoms with van der Waals surface area (Å²) < 4.78 is 4.89. The van der Waals surface area contributed by atoms with Crippen LogP contribution in [-0.2, 0) is 4.74 Å². The van der Waals surface area contributed by atoms with Crippen molar-refractivity contribution in [3.63, 3.8) is 0 Å². The summed E-state index contributed by atoms with van der Waals surface area (Å²) in [5, 5.41) is 27.7. The summed E-state index contributed by atoms with van der Waals surface area (Å²) in [5.74, 6) is 0. The van der Waals surface area contributed by atoms with Crippen molar-refractivity contribution < 1.29 is 20.1 Å². The Bertz CT molecular complexity index is 143. The maximum Gasteiger partial charge on any atom is 0.158 e. The molecule has 1 aliphatic heterocycles. The Morgan fingerprint density at radius 3 is 2.36 bits per heavy atom. The summed E-state index contributed by atoms with van der Waals surface area (Å²) in [4.78, 5) is 0. The van der Waals surface area contributed by atoms with Gasteiger partial charge in [0, 0.05) is 6.42 Å². The zero-order chi connectivity index (χ0) is 8.65. The number of aliphatic hydroxyl groups excluding tert-OH is 2. The third-order valence-electron chi connectivity index (χ3n) is 1.94. The van der Waals surface area contributed by atoms with Gasteiger partial charge in [0.1, 0.15) is 6.10 Å². The third-order valence-corrected chi connectivity index (χ3v) is 1.94. The average Bonchev–Trinajstić information content (AvgIpc) is 2.04. The van der Waals surface area contributed by atoms with Gasteiger partial charge in [0.15, 0.2) is 6.29 Å². The van der Waals surface area contributed by atoms with Gasteiger partial charge in [0.05, 0.1) is 11.7 Å². The van der Waals surface area contributed by atoms with E-state index in [0.717, 1.165) is 0 Å². The first-order valence-corrected chi connectivity index (χ1v) is 3.67. The SMILES string of the molecule is C[C@H](O)[C@@H]1O[C@H](O)C[C@@]1(C)O. The Kier molecular flexibility index (Phi) is 2.20. The predicted octanol–water partition coefficient (Wildman–Crippen LogP) is -0.774. The van der Waals surface area contributed by atoms with E-state index >= 15 is 0 Å². The molecule has 0 saturated carbocycles. The zero-order valence-corrected chi connectivity index (χ0v) is 6.69. The molecule has 11 heavy (non-hydrogen) atoms. The predicted molar refractivity (Wildman–Crippen MR) is 37.8 cm³/mol. The van der Waals surface area contributed by atoms with E-state index in [4.69, 9.17) is 14.9 Å². The lowest BCUT2D eigenvalue weighted by Gasteiger charge is -2.25. The lowest BCUT2D eigenvalue weighted by atomic mass is 9.95. The molecule has 0 aromatic heterocycles. The van der Waals surface area contributed by atoms with Crippen molar-refractivity contribution in [1.29, 1.82) is 0 Å². The van der Waals surface area contributed by atoms with E-state index in [1.165, 1.54) is 6.92 Å². The molecule has 3 N–H and O–H groups in total. The fourth-order valence-electron chi connectivity index (χ4n) is 1.47. The maximum absolute atomic E-state index is 9.55. The molecule has 0 amide bonds. The molecule has 1 saturated heterocycles. The summed E-state index contributed by atoms with van der Waals surface area (Å²) in [6.45, 7) is 3.07. The van der Waals surface area contributed by atoms with Gasteiger partial charge in [-0.15, -0.1) is 0 Å². The number of hydrogen-bond acceptors (Lipinski definition) is 4. The van der Waals surface area contributed by atoms with Crippen LogP contribution in [-0.4, -0.2) is 39.4 Å². The monoisotopic (exact) mass is 162 g/mol. The van der Waals surface area contributed by atoms with Crippen molar-refractivity contribution in [2.75, 3.05) is 0 Å². The standard InChI is InChI=1S/C7H14O4/c1-4(8)6-7(2,10)3-5(9)11-6/h4-6,8-10H,3H2,1-2H3/t4-,5-,6-,7+/m0/s1. The minimum atomic E-state index is -1.12. The molecular weight excluding hydrogens is 148 g/mol. The van der Waals surface area contributed by atoms with Crippen LogP contribution in [0.2, 0.25) is 0 Å². The smallest absolute Gasteiger partial charge is 0.158 e. The third kappa shape index (κ3) is 1.70. The summed E-state index contributed by atoms with van der Waals surface area (Å²) >= 11 is 0. The van der Waals surface area contributed by atoms with Gasteiger partial charge in [-0.2, -0.15) is 0 Å². The lowest BCUT2D eigenvalue weighted by molar-refractivity contribution is -0.138. The lowest BCUT2D eigenvalue weighted by Crippen LogP contribution is -2.41. The molecular formula is C7H14O4. The second-order valence-corrected chi connectivity index (χ2v) is 3.31. The van der Waals surface area contributed by atoms with Crippen LogP contribution in [0.25, 0.3) is 0 Å². The summed E-state index contributed by atoms with van der Waals surface area (Å²) in [5.41, 5.74) is -1.12. The second-order valence-electron chi connectivity index (χ2n) is 3.31. The van der Waals surface area contributed by atoms with Gasteiger partial charge in [-0.3, -0.25) is 0 Å². The van der Waals surface area contributed by atoms with Crippen molar-refractivity contribution >= 4 is 0 Å². The Morgan fingerprint density at radius 2 is 2.18 bits per heavy atom. The van der Waals surface area contributed by atoms with E-state index in [2.05, 4.69) is 0 Å². The molecule has 4 heteroatoms. The van der Waals surface area contributed by atoms with Crippen molar-refractivity contribution in [1.82, 2.24) is 0 Å². The number of hydrogen-bond donors (Lipinski definition) is 3. The first-order valence-electron chi connectivity index (χ1n) is 3.67. The van der Waals surface area contributed by atoms with E-state index in [1.807, 2.05) is 0 Å². The van der Waals surface area contributed by atoms with Crippen LogP contribution >= 0.6 is 0 Å². The second kappa shape index (κ2) is 2.71. The molecule has 0 aromatic rings. The van der Waals surface area contributed by atoms with Crippen LogP contribution < -0.4 is 0 Å². The van der Waals surface area contributed by atoms with Crippen LogP contribution in [0.3, 0.4) is 0 Å². The Morgan fingerprint density at radius 1 is 1.64 bits per heavy atom. The molecule has 1 rings (SSSR count). The minimum Gasteiger partial charge on any atom is -0.391 e. The average molecular weight is 162 g/mol. The molecule has 66 valence electrons. The molecule has 1 fully saturated rings. The van der Waals surface area contributed by atoms with Crippen LogP contribution in [0.4, 0.5) is 0 Å². The molecule has 0 unspecified atom stereocenters. The maximum atomic E-state index is 9.55. The van der Waals surface area contributed by atoms with Crippen LogP contribution in [0.1, 0.15) is 20.3 Å². The topological polar surface area (TPSA) is 69.9 Å². The van der Waals surface area contributed by atoms with E-state index in [1.54, 1.807) is 6.92 Å². The normalized spacial score (nSPS) is 47.7. The number of aliphatic hydroxyl groups is 3. The van der Waals surface area contributed by atoms with E-state index < -0.39 is 24.1 Å². The van der Waals surface area contributed by atoms with Gasteiger partial charge in [-0.05, 0) is 13.8 Å². The summed E-state index contributed by atoms with van der Waals surface area (Å²) in [6.07, 6.45) is -2.24. The van der Waals surface area contributed by atoms with Crippen molar-refractivity contribution in [2.45, 2.75) is 44.4 Å². The van der Waals surface area contributed by atoms with Crippen molar-refractivity contribution in [2.24, 2.45) is 0 Å². The molecule has 4 nitrogen and oxygen atoms in total. The molecule has 4 atom stereocenters. The van der Waals surface area contributed by atoms with Gasteiger partial charge in [-0.25, -0.2) is 0 Å². The first kappa shape index (κ1) is 8.93. The fraction of sp³-hybridized carbons (Fsp3) is 1.00. The summed E-state index contributed by atoms with van der Waals surface area (Å²) in [6, 6.07) is 0. The Hall–Kier alpha value is -0.160. The van der Waals surface area contributed by atoms with E-state index in [0.29, 0.717) is 0 Å². The summed E-state index contributed by atoms with van der Waals surface area (Å²) in [7, 11) is 0. The van der Waals surface area contributed by atoms with Crippen LogP contribution in [0.15, 0.2) is 0 Å². The van der Waals surface area contributed by atoms with Gasteiger partial charge < -0.3 is 20.1 Å². The largest absolute Gasteiger partial charge is 0.391 e. The van der Waals surface area contributed by atoms with E-state index in [-0.39, 0.29) is 6.42 Å². The molecule has 0 aliphatic carbocycles. The van der Waals surface area contributed by atoms with Crippen molar-refractivity contribution in [3.8, 4) is 0 Å². The Balaban J connectivity index is 2.66. The molecule has 0 bridgehead atoms. The molecule has 1 aliphatic rings. The zero-order valence-electron chi connectivity index (χ0n) is 6.69. The quantitative estimate of drug-likeness (QED) is 0.473. The Labute approximate surface area is 65.4 Å². The van der Waals surface area contributed by atoms with Crippen molar-refractivity contribution in [3.05, 3.63) is 0 Å². The molecule has 0 aromatic carbocycles. The highest BCUT2D eigenvalue weighted by Crippen LogP contribution is 2.30. The number of rotatable bonds is 1. The molecule has 0 radical (unpaired) electrons. The van der Waals surface area contributed by atoms with Gasteiger partial charge in [-0.1, -0.05) is 0 Å². The number of ether oxygens (including phenoxy) is 1.